The highest BCUT2D eigenvalue weighted by atomic mass is 16.5. The fourth-order valence-electron chi connectivity index (χ4n) is 3.40. The second-order valence-electron chi connectivity index (χ2n) is 8.51. The zero-order valence-electron chi connectivity index (χ0n) is 24.1. The highest BCUT2D eigenvalue weighted by Gasteiger charge is 2.24. The van der Waals surface area contributed by atoms with E-state index in [-0.39, 0.29) is 52.1 Å². The van der Waals surface area contributed by atoms with E-state index in [0.29, 0.717) is 25.9 Å². The molecule has 0 saturated carbocycles. The number of rotatable bonds is 21. The lowest BCUT2D eigenvalue weighted by Gasteiger charge is -2.17. The number of esters is 4. The first-order valence-corrected chi connectivity index (χ1v) is 13.9. The Bertz CT molecular complexity index is 729. The Hall–Kier alpha value is -3.58. The summed E-state index contributed by atoms with van der Waals surface area (Å²) in [5.74, 6) is -2.16. The number of unbranched alkanes of at least 4 members (excludes halogenated alkanes) is 3. The predicted octanol–water partition coefficient (Wildman–Crippen LogP) is 1.70. The molecule has 14 nitrogen and oxygen atoms in total. The second kappa shape index (κ2) is 23.3. The molecule has 0 heterocycles. The van der Waals surface area contributed by atoms with Gasteiger partial charge in [0.1, 0.15) is 12.1 Å². The van der Waals surface area contributed by atoms with Gasteiger partial charge < -0.3 is 40.2 Å². The first kappa shape index (κ1) is 36.4. The number of amides is 4. The standard InChI is InChI=1S/C26H46N4O10/c1-5-37-21(31)15-13-19(23(33)39-7-3)29-25(35)27-17-11-9-10-12-18-28-26(36)30-20(24(34)40-8-4)14-16-22(32)38-6-2/h19-20H,5-18H2,1-4H3,(H2,27,29,35)(H2,28,30,36). The SMILES string of the molecule is CCOC(=O)CCC(NC(=O)NCCCCCCNC(=O)NC(CCC(=O)OCC)C(=O)OCC)C(=O)OCC. The molecule has 0 aliphatic heterocycles. The van der Waals surface area contributed by atoms with E-state index >= 15 is 0 Å². The van der Waals surface area contributed by atoms with Gasteiger partial charge in [-0.15, -0.1) is 0 Å². The van der Waals surface area contributed by atoms with Crippen molar-refractivity contribution in [1.82, 2.24) is 21.3 Å². The van der Waals surface area contributed by atoms with E-state index in [1.807, 2.05) is 0 Å². The van der Waals surface area contributed by atoms with Crippen LogP contribution in [0.1, 0.15) is 79.1 Å². The third kappa shape index (κ3) is 18.6. The first-order valence-electron chi connectivity index (χ1n) is 13.9. The van der Waals surface area contributed by atoms with Gasteiger partial charge in [-0.1, -0.05) is 12.8 Å². The van der Waals surface area contributed by atoms with Crippen LogP contribution in [0, 0.1) is 0 Å². The Kier molecular flexibility index (Phi) is 21.2. The molecule has 0 spiro atoms. The largest absolute Gasteiger partial charge is 0.466 e. The molecule has 4 N–H and O–H groups in total. The van der Waals surface area contributed by atoms with Crippen molar-refractivity contribution < 1.29 is 47.7 Å². The number of carbonyl (C=O) groups is 6. The fraction of sp³-hybridized carbons (Fsp3) is 0.769. The molecule has 40 heavy (non-hydrogen) atoms. The summed E-state index contributed by atoms with van der Waals surface area (Å²) < 4.78 is 19.6. The average Bonchev–Trinajstić information content (AvgIpc) is 2.90. The number of hydrogen-bond acceptors (Lipinski definition) is 10. The van der Waals surface area contributed by atoms with Crippen molar-refractivity contribution in [3.63, 3.8) is 0 Å². The van der Waals surface area contributed by atoms with Gasteiger partial charge >= 0.3 is 35.9 Å². The lowest BCUT2D eigenvalue weighted by Crippen LogP contribution is -2.47. The topological polar surface area (TPSA) is 187 Å². The van der Waals surface area contributed by atoms with Gasteiger partial charge in [-0.3, -0.25) is 9.59 Å². The van der Waals surface area contributed by atoms with Gasteiger partial charge in [0, 0.05) is 25.9 Å². The summed E-state index contributed by atoms with van der Waals surface area (Å²) in [6.07, 6.45) is 2.98. The van der Waals surface area contributed by atoms with Crippen LogP contribution in [-0.2, 0) is 38.1 Å². The Morgan fingerprint density at radius 1 is 0.525 bits per heavy atom. The highest BCUT2D eigenvalue weighted by molar-refractivity contribution is 5.85. The summed E-state index contributed by atoms with van der Waals surface area (Å²) in [6.45, 7) is 8.16. The van der Waals surface area contributed by atoms with E-state index in [9.17, 15) is 28.8 Å². The minimum Gasteiger partial charge on any atom is -0.466 e. The molecule has 230 valence electrons. The van der Waals surface area contributed by atoms with Gasteiger partial charge in [0.05, 0.1) is 26.4 Å². The van der Waals surface area contributed by atoms with Crippen LogP contribution < -0.4 is 21.3 Å². The highest BCUT2D eigenvalue weighted by Crippen LogP contribution is 2.04. The minimum atomic E-state index is -0.963. The molecule has 2 unspecified atom stereocenters. The summed E-state index contributed by atoms with van der Waals surface area (Å²) in [7, 11) is 0. The molecule has 0 radical (unpaired) electrons. The maximum absolute atomic E-state index is 12.2. The smallest absolute Gasteiger partial charge is 0.328 e. The Balaban J connectivity index is 4.24. The van der Waals surface area contributed by atoms with Crippen molar-refractivity contribution in [2.75, 3.05) is 39.5 Å². The maximum Gasteiger partial charge on any atom is 0.328 e. The monoisotopic (exact) mass is 574 g/mol. The molecule has 0 aromatic heterocycles. The van der Waals surface area contributed by atoms with Gasteiger partial charge in [-0.05, 0) is 53.4 Å². The lowest BCUT2D eigenvalue weighted by molar-refractivity contribution is -0.148. The number of ether oxygens (including phenoxy) is 4. The molecule has 0 saturated heterocycles. The molecule has 14 heteroatoms. The van der Waals surface area contributed by atoms with E-state index in [1.54, 1.807) is 27.7 Å². The molecule has 2 atom stereocenters. The molecule has 0 aliphatic carbocycles. The van der Waals surface area contributed by atoms with E-state index in [0.717, 1.165) is 12.8 Å². The summed E-state index contributed by atoms with van der Waals surface area (Å²) in [5.41, 5.74) is 0. The van der Waals surface area contributed by atoms with E-state index in [4.69, 9.17) is 18.9 Å². The summed E-state index contributed by atoms with van der Waals surface area (Å²) in [5, 5.41) is 10.4. The molecule has 0 rings (SSSR count). The average molecular weight is 575 g/mol. The molecular formula is C26H46N4O10. The van der Waals surface area contributed by atoms with Crippen LogP contribution in [0.3, 0.4) is 0 Å². The van der Waals surface area contributed by atoms with E-state index in [1.165, 1.54) is 0 Å². The summed E-state index contributed by atoms with van der Waals surface area (Å²) in [4.78, 5) is 71.7. The molecule has 4 amide bonds. The van der Waals surface area contributed by atoms with Gasteiger partial charge in [-0.2, -0.15) is 0 Å². The summed E-state index contributed by atoms with van der Waals surface area (Å²) in [6, 6.07) is -3.01. The lowest BCUT2D eigenvalue weighted by atomic mass is 10.1. The van der Waals surface area contributed by atoms with E-state index in [2.05, 4.69) is 21.3 Å². The van der Waals surface area contributed by atoms with Crippen molar-refractivity contribution >= 4 is 35.9 Å². The zero-order chi connectivity index (χ0) is 30.2. The quantitative estimate of drug-likeness (QED) is 0.0892. The molecule has 0 aromatic rings. The Morgan fingerprint density at radius 3 is 1.20 bits per heavy atom. The van der Waals surface area contributed by atoms with Gasteiger partial charge in [0.15, 0.2) is 0 Å². The van der Waals surface area contributed by atoms with Crippen LogP contribution in [0.2, 0.25) is 0 Å². The third-order valence-electron chi connectivity index (χ3n) is 5.31. The normalized spacial score (nSPS) is 11.8. The predicted molar refractivity (Wildman–Crippen MR) is 144 cm³/mol. The van der Waals surface area contributed by atoms with Gasteiger partial charge in [0.2, 0.25) is 0 Å². The van der Waals surface area contributed by atoms with Gasteiger partial charge in [-0.25, -0.2) is 19.2 Å². The van der Waals surface area contributed by atoms with Crippen molar-refractivity contribution in [1.29, 1.82) is 0 Å². The molecular weight excluding hydrogens is 528 g/mol. The van der Waals surface area contributed by atoms with Crippen LogP contribution >= 0.6 is 0 Å². The maximum atomic E-state index is 12.2. The number of carbonyl (C=O) groups excluding carboxylic acids is 6. The Morgan fingerprint density at radius 2 is 0.875 bits per heavy atom. The number of hydrogen-bond donors (Lipinski definition) is 4. The number of urea groups is 2. The van der Waals surface area contributed by atoms with Crippen molar-refractivity contribution in [3.8, 4) is 0 Å². The van der Waals surface area contributed by atoms with Crippen molar-refractivity contribution in [2.24, 2.45) is 0 Å². The van der Waals surface area contributed by atoms with Crippen LogP contribution in [0.25, 0.3) is 0 Å². The molecule has 0 fully saturated rings. The Labute approximate surface area is 235 Å². The van der Waals surface area contributed by atoms with Gasteiger partial charge in [0.25, 0.3) is 0 Å². The fourth-order valence-corrected chi connectivity index (χ4v) is 3.40. The second-order valence-corrected chi connectivity index (χ2v) is 8.51. The van der Waals surface area contributed by atoms with Crippen LogP contribution in [0.5, 0.6) is 0 Å². The van der Waals surface area contributed by atoms with Crippen LogP contribution in [-0.4, -0.2) is 87.5 Å². The first-order chi connectivity index (χ1) is 19.2. The third-order valence-corrected chi connectivity index (χ3v) is 5.31. The van der Waals surface area contributed by atoms with E-state index < -0.39 is 48.0 Å². The van der Waals surface area contributed by atoms with Crippen LogP contribution in [0.15, 0.2) is 0 Å². The molecule has 0 aromatic carbocycles. The van der Waals surface area contributed by atoms with Crippen molar-refractivity contribution in [2.45, 2.75) is 91.1 Å². The molecule has 0 bridgehead atoms. The number of nitrogens with one attached hydrogen (secondary N) is 4. The molecule has 0 aliphatic rings. The van der Waals surface area contributed by atoms with Crippen LogP contribution in [0.4, 0.5) is 9.59 Å². The minimum absolute atomic E-state index is 0.0270. The zero-order valence-corrected chi connectivity index (χ0v) is 24.1. The summed E-state index contributed by atoms with van der Waals surface area (Å²) >= 11 is 0. The van der Waals surface area contributed by atoms with Crippen molar-refractivity contribution in [3.05, 3.63) is 0 Å².